The number of hydrogen-bond donors (Lipinski definition) is 0. The van der Waals surface area contributed by atoms with Crippen LogP contribution >= 0.6 is 11.5 Å². The van der Waals surface area contributed by atoms with Gasteiger partial charge in [0.1, 0.15) is 4.88 Å². The van der Waals surface area contributed by atoms with E-state index < -0.39 is 0 Å². The Hall–Kier alpha value is -0.900. The molecular formula is C9H14N2OS. The molecule has 0 N–H and O–H groups in total. The normalized spacial score (nSPS) is 10.0. The van der Waals surface area contributed by atoms with Gasteiger partial charge in [0, 0.05) is 19.8 Å². The Morgan fingerprint density at radius 2 is 2.46 bits per heavy atom. The largest absolute Gasteiger partial charge is 0.341 e. The van der Waals surface area contributed by atoms with Crippen molar-refractivity contribution in [2.45, 2.75) is 19.8 Å². The highest BCUT2D eigenvalue weighted by Gasteiger charge is 2.11. The third-order valence-corrected chi connectivity index (χ3v) is 2.58. The van der Waals surface area contributed by atoms with Crippen molar-refractivity contribution in [1.29, 1.82) is 0 Å². The minimum absolute atomic E-state index is 0.0796. The summed E-state index contributed by atoms with van der Waals surface area (Å²) in [5.41, 5.74) is 0. The van der Waals surface area contributed by atoms with Crippen molar-refractivity contribution in [2.24, 2.45) is 0 Å². The van der Waals surface area contributed by atoms with Gasteiger partial charge in [-0.25, -0.2) is 4.37 Å². The van der Waals surface area contributed by atoms with Crippen LogP contribution in [0.15, 0.2) is 12.3 Å². The molecule has 0 atom stereocenters. The SMILES string of the molecule is CCCCN(C)C(=O)c1ccns1. The molecule has 0 spiro atoms. The lowest BCUT2D eigenvalue weighted by atomic mass is 10.3. The topological polar surface area (TPSA) is 33.2 Å². The highest BCUT2D eigenvalue weighted by Crippen LogP contribution is 2.08. The summed E-state index contributed by atoms with van der Waals surface area (Å²) >= 11 is 1.25. The molecule has 0 aliphatic carbocycles. The smallest absolute Gasteiger partial charge is 0.265 e. The number of hydrogen-bond acceptors (Lipinski definition) is 3. The lowest BCUT2D eigenvalue weighted by molar-refractivity contribution is 0.0798. The molecule has 0 unspecified atom stereocenters. The van der Waals surface area contributed by atoms with E-state index in [0.29, 0.717) is 0 Å². The van der Waals surface area contributed by atoms with Crippen LogP contribution < -0.4 is 0 Å². The summed E-state index contributed by atoms with van der Waals surface area (Å²) in [7, 11) is 1.83. The van der Waals surface area contributed by atoms with Gasteiger partial charge in [0.15, 0.2) is 0 Å². The molecule has 1 rings (SSSR count). The Bertz CT molecular complexity index is 259. The van der Waals surface area contributed by atoms with Crippen LogP contribution in [-0.4, -0.2) is 28.8 Å². The second-order valence-corrected chi connectivity index (χ2v) is 3.79. The highest BCUT2D eigenvalue weighted by atomic mass is 32.1. The monoisotopic (exact) mass is 198 g/mol. The number of aromatic nitrogens is 1. The summed E-state index contributed by atoms with van der Waals surface area (Å²) in [5, 5.41) is 0. The van der Waals surface area contributed by atoms with E-state index in [1.54, 1.807) is 17.2 Å². The molecule has 1 aromatic heterocycles. The third-order valence-electron chi connectivity index (χ3n) is 1.84. The molecule has 13 heavy (non-hydrogen) atoms. The summed E-state index contributed by atoms with van der Waals surface area (Å²) in [5.74, 6) is 0.0796. The Morgan fingerprint density at radius 3 is 3.00 bits per heavy atom. The van der Waals surface area contributed by atoms with Crippen LogP contribution in [0.25, 0.3) is 0 Å². The van der Waals surface area contributed by atoms with Crippen molar-refractivity contribution in [3.05, 3.63) is 17.1 Å². The van der Waals surface area contributed by atoms with E-state index in [4.69, 9.17) is 0 Å². The molecule has 1 aromatic rings. The van der Waals surface area contributed by atoms with Crippen molar-refractivity contribution < 1.29 is 4.79 Å². The first-order valence-corrected chi connectivity index (χ1v) is 5.19. The van der Waals surface area contributed by atoms with Crippen molar-refractivity contribution in [3.63, 3.8) is 0 Å². The van der Waals surface area contributed by atoms with E-state index in [9.17, 15) is 4.79 Å². The van der Waals surface area contributed by atoms with Crippen LogP contribution in [0.1, 0.15) is 29.4 Å². The molecule has 0 aliphatic heterocycles. The fourth-order valence-electron chi connectivity index (χ4n) is 1.01. The molecule has 4 heteroatoms. The van der Waals surface area contributed by atoms with Crippen LogP contribution in [0.4, 0.5) is 0 Å². The quantitative estimate of drug-likeness (QED) is 0.741. The van der Waals surface area contributed by atoms with E-state index in [-0.39, 0.29) is 5.91 Å². The molecule has 0 fully saturated rings. The Labute approximate surface area is 82.5 Å². The average Bonchev–Trinajstić information content (AvgIpc) is 2.65. The van der Waals surface area contributed by atoms with Gasteiger partial charge in [-0.1, -0.05) is 13.3 Å². The average molecular weight is 198 g/mol. The van der Waals surface area contributed by atoms with Gasteiger partial charge in [-0.15, -0.1) is 0 Å². The van der Waals surface area contributed by atoms with Crippen molar-refractivity contribution in [3.8, 4) is 0 Å². The number of rotatable bonds is 4. The van der Waals surface area contributed by atoms with Gasteiger partial charge >= 0.3 is 0 Å². The van der Waals surface area contributed by atoms with Crippen molar-refractivity contribution in [2.75, 3.05) is 13.6 Å². The molecule has 72 valence electrons. The van der Waals surface area contributed by atoms with E-state index in [0.717, 1.165) is 24.3 Å². The molecular weight excluding hydrogens is 184 g/mol. The second-order valence-electron chi connectivity index (χ2n) is 2.96. The van der Waals surface area contributed by atoms with Crippen molar-refractivity contribution >= 4 is 17.4 Å². The Kier molecular flexibility index (Phi) is 3.89. The first-order valence-electron chi connectivity index (χ1n) is 4.42. The number of carbonyl (C=O) groups excluding carboxylic acids is 1. The highest BCUT2D eigenvalue weighted by molar-refractivity contribution is 7.08. The summed E-state index contributed by atoms with van der Waals surface area (Å²) in [6, 6.07) is 1.76. The van der Waals surface area contributed by atoms with Crippen LogP contribution in [-0.2, 0) is 0 Å². The van der Waals surface area contributed by atoms with Gasteiger partial charge in [-0.05, 0) is 24.0 Å². The van der Waals surface area contributed by atoms with Gasteiger partial charge < -0.3 is 4.90 Å². The summed E-state index contributed by atoms with van der Waals surface area (Å²) in [6.07, 6.45) is 3.83. The van der Waals surface area contributed by atoms with Gasteiger partial charge in [-0.2, -0.15) is 0 Å². The van der Waals surface area contributed by atoms with Crippen LogP contribution in [0.2, 0.25) is 0 Å². The number of unbranched alkanes of at least 4 members (excludes halogenated alkanes) is 1. The maximum atomic E-state index is 11.6. The number of amides is 1. The molecule has 0 bridgehead atoms. The molecule has 0 radical (unpaired) electrons. The molecule has 1 amide bonds. The third kappa shape index (κ3) is 2.81. The second kappa shape index (κ2) is 4.97. The van der Waals surface area contributed by atoms with Gasteiger partial charge in [0.2, 0.25) is 0 Å². The van der Waals surface area contributed by atoms with Crippen LogP contribution in [0.5, 0.6) is 0 Å². The minimum atomic E-state index is 0.0796. The predicted molar refractivity (Wildman–Crippen MR) is 54.0 cm³/mol. The zero-order chi connectivity index (χ0) is 9.68. The molecule has 0 aliphatic rings. The minimum Gasteiger partial charge on any atom is -0.341 e. The first kappa shape index (κ1) is 10.2. The lowest BCUT2D eigenvalue weighted by Gasteiger charge is -2.14. The zero-order valence-electron chi connectivity index (χ0n) is 7.99. The van der Waals surface area contributed by atoms with Crippen molar-refractivity contribution in [1.82, 2.24) is 9.27 Å². The fraction of sp³-hybridized carbons (Fsp3) is 0.556. The maximum Gasteiger partial charge on any atom is 0.265 e. The van der Waals surface area contributed by atoms with E-state index in [1.807, 2.05) is 7.05 Å². The lowest BCUT2D eigenvalue weighted by Crippen LogP contribution is -2.26. The number of nitrogens with zero attached hydrogens (tertiary/aromatic N) is 2. The van der Waals surface area contributed by atoms with Gasteiger partial charge in [0.25, 0.3) is 5.91 Å². The molecule has 0 saturated carbocycles. The predicted octanol–water partition coefficient (Wildman–Crippen LogP) is 2.02. The van der Waals surface area contributed by atoms with Crippen LogP contribution in [0, 0.1) is 0 Å². The van der Waals surface area contributed by atoms with Gasteiger partial charge in [-0.3, -0.25) is 4.79 Å². The van der Waals surface area contributed by atoms with Crippen LogP contribution in [0.3, 0.4) is 0 Å². The molecule has 3 nitrogen and oxygen atoms in total. The fourth-order valence-corrected chi connectivity index (χ4v) is 1.60. The standard InChI is InChI=1S/C9H14N2OS/c1-3-4-7-11(2)9(12)8-5-6-10-13-8/h5-6H,3-4,7H2,1-2H3. The summed E-state index contributed by atoms with van der Waals surface area (Å²) in [4.78, 5) is 14.1. The Balaban J connectivity index is 2.48. The molecule has 0 aromatic carbocycles. The summed E-state index contributed by atoms with van der Waals surface area (Å²) < 4.78 is 3.90. The van der Waals surface area contributed by atoms with E-state index in [2.05, 4.69) is 11.3 Å². The maximum absolute atomic E-state index is 11.6. The van der Waals surface area contributed by atoms with Gasteiger partial charge in [0.05, 0.1) is 0 Å². The summed E-state index contributed by atoms with van der Waals surface area (Å²) in [6.45, 7) is 2.94. The molecule has 0 saturated heterocycles. The Morgan fingerprint density at radius 1 is 1.69 bits per heavy atom. The van der Waals surface area contributed by atoms with E-state index >= 15 is 0 Å². The number of carbonyl (C=O) groups is 1. The first-order chi connectivity index (χ1) is 6.25. The molecule has 1 heterocycles. The van der Waals surface area contributed by atoms with E-state index in [1.165, 1.54) is 11.5 Å². The zero-order valence-corrected chi connectivity index (χ0v) is 8.80.